The third-order valence-electron chi connectivity index (χ3n) is 2.02. The highest BCUT2D eigenvalue weighted by Gasteiger charge is 2.09. The van der Waals surface area contributed by atoms with E-state index in [1.807, 2.05) is 18.2 Å². The number of nitrogens with zero attached hydrogens (tertiary/aromatic N) is 1. The van der Waals surface area contributed by atoms with Crippen molar-refractivity contribution in [1.29, 1.82) is 5.26 Å². The second kappa shape index (κ2) is 6.02. The molecule has 0 aliphatic carbocycles. The topological polar surface area (TPSA) is 65.3 Å². The van der Waals surface area contributed by atoms with Gasteiger partial charge in [-0.2, -0.15) is 5.26 Å². The zero-order valence-corrected chi connectivity index (χ0v) is 8.60. The van der Waals surface area contributed by atoms with Crippen molar-refractivity contribution in [3.8, 4) is 11.8 Å². The van der Waals surface area contributed by atoms with Gasteiger partial charge in [0.2, 0.25) is 0 Å². The summed E-state index contributed by atoms with van der Waals surface area (Å²) in [5, 5.41) is 20.5. The first-order valence-electron chi connectivity index (χ1n) is 4.69. The van der Waals surface area contributed by atoms with Crippen LogP contribution in [0.3, 0.4) is 0 Å². The maximum absolute atomic E-state index is 8.93. The molecule has 0 saturated carbocycles. The summed E-state index contributed by atoms with van der Waals surface area (Å²) in [6.07, 6.45) is 0. The fraction of sp³-hybridized carbons (Fsp3) is 0.364. The highest BCUT2D eigenvalue weighted by molar-refractivity contribution is 5.32. The molecule has 0 radical (unpaired) electrons. The van der Waals surface area contributed by atoms with Gasteiger partial charge in [-0.15, -0.1) is 0 Å². The summed E-state index contributed by atoms with van der Waals surface area (Å²) in [6, 6.07) is 9.02. The molecule has 0 bridgehead atoms. The van der Waals surface area contributed by atoms with Crippen molar-refractivity contribution in [2.75, 3.05) is 20.3 Å². The van der Waals surface area contributed by atoms with E-state index in [0.717, 1.165) is 11.3 Å². The minimum Gasteiger partial charge on any atom is -0.497 e. The molecule has 1 aromatic carbocycles. The molecule has 0 spiro atoms. The van der Waals surface area contributed by atoms with E-state index in [1.54, 1.807) is 13.2 Å². The zero-order chi connectivity index (χ0) is 11.1. The van der Waals surface area contributed by atoms with Crippen LogP contribution in [0, 0.1) is 11.3 Å². The predicted molar refractivity (Wildman–Crippen MR) is 56.4 cm³/mol. The summed E-state index contributed by atoms with van der Waals surface area (Å²) < 4.78 is 5.07. The average molecular weight is 206 g/mol. The van der Waals surface area contributed by atoms with Crippen molar-refractivity contribution in [3.63, 3.8) is 0 Å². The molecule has 0 saturated heterocycles. The maximum atomic E-state index is 8.93. The maximum Gasteiger partial charge on any atom is 0.121 e. The number of methoxy groups -OCH3 is 1. The Morgan fingerprint density at radius 3 is 3.00 bits per heavy atom. The van der Waals surface area contributed by atoms with E-state index in [-0.39, 0.29) is 6.61 Å². The third-order valence-corrected chi connectivity index (χ3v) is 2.02. The Labute approximate surface area is 89.1 Å². The van der Waals surface area contributed by atoms with Gasteiger partial charge in [-0.25, -0.2) is 0 Å². The zero-order valence-electron chi connectivity index (χ0n) is 8.60. The van der Waals surface area contributed by atoms with E-state index in [0.29, 0.717) is 6.54 Å². The number of aliphatic hydroxyl groups is 1. The van der Waals surface area contributed by atoms with Crippen molar-refractivity contribution in [1.82, 2.24) is 5.32 Å². The molecule has 80 valence electrons. The first-order valence-corrected chi connectivity index (χ1v) is 4.69. The van der Waals surface area contributed by atoms with Gasteiger partial charge in [-0.3, -0.25) is 5.32 Å². The highest BCUT2D eigenvalue weighted by Crippen LogP contribution is 2.18. The second-order valence-corrected chi connectivity index (χ2v) is 3.02. The molecule has 0 aliphatic heterocycles. The van der Waals surface area contributed by atoms with Crippen LogP contribution in [-0.4, -0.2) is 25.4 Å². The molecular formula is C11H14N2O2. The standard InChI is InChI=1S/C11H14N2O2/c1-15-10-4-2-3-9(7-10)11(8-12)13-5-6-14/h2-4,7,11,13-14H,5-6H2,1H3. The fourth-order valence-corrected chi connectivity index (χ4v) is 1.27. The summed E-state index contributed by atoms with van der Waals surface area (Å²) in [4.78, 5) is 0. The molecule has 0 fully saturated rings. The lowest BCUT2D eigenvalue weighted by Crippen LogP contribution is -2.23. The van der Waals surface area contributed by atoms with E-state index in [4.69, 9.17) is 15.1 Å². The Morgan fingerprint density at radius 2 is 2.40 bits per heavy atom. The quantitative estimate of drug-likeness (QED) is 0.749. The van der Waals surface area contributed by atoms with E-state index >= 15 is 0 Å². The van der Waals surface area contributed by atoms with Crippen LogP contribution in [0.5, 0.6) is 5.75 Å². The van der Waals surface area contributed by atoms with Crippen LogP contribution >= 0.6 is 0 Å². The van der Waals surface area contributed by atoms with Gasteiger partial charge in [0.15, 0.2) is 0 Å². The van der Waals surface area contributed by atoms with Gasteiger partial charge < -0.3 is 9.84 Å². The molecular weight excluding hydrogens is 192 g/mol. The van der Waals surface area contributed by atoms with Crippen molar-refractivity contribution >= 4 is 0 Å². The van der Waals surface area contributed by atoms with Crippen LogP contribution in [0.4, 0.5) is 0 Å². The summed E-state index contributed by atoms with van der Waals surface area (Å²) >= 11 is 0. The summed E-state index contributed by atoms with van der Waals surface area (Å²) in [5.74, 6) is 0.721. The Kier molecular flexibility index (Phi) is 4.61. The average Bonchev–Trinajstić information content (AvgIpc) is 2.30. The third kappa shape index (κ3) is 3.24. The van der Waals surface area contributed by atoms with Gasteiger partial charge in [0.25, 0.3) is 0 Å². The van der Waals surface area contributed by atoms with Crippen LogP contribution in [0.15, 0.2) is 24.3 Å². The van der Waals surface area contributed by atoms with Crippen molar-refractivity contribution < 1.29 is 9.84 Å². The number of aliphatic hydroxyl groups excluding tert-OH is 1. The van der Waals surface area contributed by atoms with Crippen LogP contribution in [-0.2, 0) is 0 Å². The van der Waals surface area contributed by atoms with Crippen molar-refractivity contribution in [2.24, 2.45) is 0 Å². The Hall–Kier alpha value is -1.57. The van der Waals surface area contributed by atoms with Crippen molar-refractivity contribution in [2.45, 2.75) is 6.04 Å². The lowest BCUT2D eigenvalue weighted by atomic mass is 10.1. The molecule has 4 nitrogen and oxygen atoms in total. The molecule has 0 aliphatic rings. The molecule has 2 N–H and O–H groups in total. The largest absolute Gasteiger partial charge is 0.497 e. The van der Waals surface area contributed by atoms with Gasteiger partial charge in [-0.05, 0) is 17.7 Å². The number of rotatable bonds is 5. The minimum atomic E-state index is -0.410. The molecule has 4 heteroatoms. The predicted octanol–water partition coefficient (Wildman–Crippen LogP) is 0.842. The van der Waals surface area contributed by atoms with Crippen LogP contribution in [0.25, 0.3) is 0 Å². The van der Waals surface area contributed by atoms with E-state index in [1.165, 1.54) is 0 Å². The van der Waals surface area contributed by atoms with E-state index in [9.17, 15) is 0 Å². The summed E-state index contributed by atoms with van der Waals surface area (Å²) in [5.41, 5.74) is 0.838. The monoisotopic (exact) mass is 206 g/mol. The molecule has 1 rings (SSSR count). The Bertz CT molecular complexity index is 347. The van der Waals surface area contributed by atoms with E-state index < -0.39 is 6.04 Å². The lowest BCUT2D eigenvalue weighted by Gasteiger charge is -2.11. The van der Waals surface area contributed by atoms with E-state index in [2.05, 4.69) is 11.4 Å². The summed E-state index contributed by atoms with van der Waals surface area (Å²) in [6.45, 7) is 0.414. The van der Waals surface area contributed by atoms with Gasteiger partial charge in [0, 0.05) is 6.54 Å². The molecule has 0 amide bonds. The molecule has 0 heterocycles. The molecule has 0 aromatic heterocycles. The normalized spacial score (nSPS) is 11.8. The molecule has 1 aromatic rings. The number of hydrogen-bond donors (Lipinski definition) is 2. The molecule has 1 atom stereocenters. The van der Waals surface area contributed by atoms with Gasteiger partial charge in [-0.1, -0.05) is 12.1 Å². The molecule has 15 heavy (non-hydrogen) atoms. The van der Waals surface area contributed by atoms with Gasteiger partial charge in [0.1, 0.15) is 11.8 Å². The first-order chi connectivity index (χ1) is 7.31. The number of hydrogen-bond acceptors (Lipinski definition) is 4. The highest BCUT2D eigenvalue weighted by atomic mass is 16.5. The number of benzene rings is 1. The second-order valence-electron chi connectivity index (χ2n) is 3.02. The van der Waals surface area contributed by atoms with Gasteiger partial charge >= 0.3 is 0 Å². The minimum absolute atomic E-state index is 0.0160. The number of nitriles is 1. The fourth-order valence-electron chi connectivity index (χ4n) is 1.27. The van der Waals surface area contributed by atoms with Gasteiger partial charge in [0.05, 0.1) is 19.8 Å². The number of nitrogens with one attached hydrogen (secondary N) is 1. The Morgan fingerprint density at radius 1 is 1.60 bits per heavy atom. The van der Waals surface area contributed by atoms with Crippen LogP contribution in [0.1, 0.15) is 11.6 Å². The molecule has 1 unspecified atom stereocenters. The Balaban J connectivity index is 2.78. The lowest BCUT2D eigenvalue weighted by molar-refractivity contribution is 0.289. The SMILES string of the molecule is COc1cccc(C(C#N)NCCO)c1. The smallest absolute Gasteiger partial charge is 0.121 e. The number of ether oxygens (including phenoxy) is 1. The first kappa shape index (κ1) is 11.5. The van der Waals surface area contributed by atoms with Crippen LogP contribution in [0.2, 0.25) is 0 Å². The van der Waals surface area contributed by atoms with Crippen molar-refractivity contribution in [3.05, 3.63) is 29.8 Å². The van der Waals surface area contributed by atoms with Crippen LogP contribution < -0.4 is 10.1 Å². The summed E-state index contributed by atoms with van der Waals surface area (Å²) in [7, 11) is 1.58.